The molecule has 1 aromatic carbocycles. The summed E-state index contributed by atoms with van der Waals surface area (Å²) in [5.41, 5.74) is 7.25. The number of fused-ring (bicyclic) bond motifs is 1. The molecule has 0 saturated heterocycles. The molecule has 1 aliphatic heterocycles. The van der Waals surface area contributed by atoms with E-state index >= 15 is 0 Å². The average Bonchev–Trinajstić information content (AvgIpc) is 2.28. The molecular formula is C12H14N2O2S. The molecule has 90 valence electrons. The van der Waals surface area contributed by atoms with Crippen molar-refractivity contribution in [2.75, 3.05) is 17.2 Å². The zero-order valence-electron chi connectivity index (χ0n) is 9.60. The Balaban J connectivity index is 2.45. The molecule has 0 bridgehead atoms. The number of carbonyl (C=O) groups is 2. The van der Waals surface area contributed by atoms with E-state index in [1.165, 1.54) is 23.6 Å². The third-order valence-electron chi connectivity index (χ3n) is 2.61. The fraction of sp³-hybridized carbons (Fsp3) is 0.333. The van der Waals surface area contributed by atoms with Gasteiger partial charge in [-0.1, -0.05) is 6.07 Å². The van der Waals surface area contributed by atoms with Gasteiger partial charge in [-0.2, -0.15) is 0 Å². The molecule has 2 N–H and O–H groups in total. The lowest BCUT2D eigenvalue weighted by atomic mass is 10.1. The van der Waals surface area contributed by atoms with Gasteiger partial charge in [0.2, 0.25) is 11.8 Å². The predicted molar refractivity (Wildman–Crippen MR) is 68.1 cm³/mol. The summed E-state index contributed by atoms with van der Waals surface area (Å²) in [5, 5.41) is 0. The second-order valence-electron chi connectivity index (χ2n) is 3.88. The quantitative estimate of drug-likeness (QED) is 0.856. The van der Waals surface area contributed by atoms with E-state index in [2.05, 4.69) is 0 Å². The van der Waals surface area contributed by atoms with Crippen LogP contribution in [0.25, 0.3) is 0 Å². The molecule has 0 spiro atoms. The van der Waals surface area contributed by atoms with E-state index in [9.17, 15) is 9.59 Å². The molecule has 0 radical (unpaired) electrons. The van der Waals surface area contributed by atoms with Crippen LogP contribution in [-0.2, 0) is 16.0 Å². The Labute approximate surface area is 104 Å². The summed E-state index contributed by atoms with van der Waals surface area (Å²) in [6.07, 6.45) is 0.748. The predicted octanol–water partition coefficient (Wildman–Crippen LogP) is 1.17. The minimum atomic E-state index is -0.235. The highest BCUT2D eigenvalue weighted by Crippen LogP contribution is 2.36. The van der Waals surface area contributed by atoms with Gasteiger partial charge in [-0.05, 0) is 30.7 Å². The Kier molecular flexibility index (Phi) is 3.49. The summed E-state index contributed by atoms with van der Waals surface area (Å²) < 4.78 is 0. The van der Waals surface area contributed by atoms with Crippen molar-refractivity contribution in [3.63, 3.8) is 0 Å². The lowest BCUT2D eigenvalue weighted by Gasteiger charge is -2.26. The molecule has 0 aliphatic carbocycles. The Hall–Kier alpha value is -1.33. The van der Waals surface area contributed by atoms with Crippen LogP contribution >= 0.6 is 11.8 Å². The normalized spacial score (nSPS) is 14.7. The average molecular weight is 250 g/mol. The van der Waals surface area contributed by atoms with Crippen LogP contribution < -0.4 is 10.6 Å². The van der Waals surface area contributed by atoms with Gasteiger partial charge in [-0.25, -0.2) is 4.90 Å². The van der Waals surface area contributed by atoms with Gasteiger partial charge >= 0.3 is 0 Å². The highest BCUT2D eigenvalue weighted by molar-refractivity contribution is 8.00. The van der Waals surface area contributed by atoms with Crippen LogP contribution in [0, 0.1) is 0 Å². The first-order chi connectivity index (χ1) is 8.13. The van der Waals surface area contributed by atoms with Gasteiger partial charge in [-0.3, -0.25) is 9.59 Å². The summed E-state index contributed by atoms with van der Waals surface area (Å²) >= 11 is 1.47. The first-order valence-corrected chi connectivity index (χ1v) is 6.41. The minimum Gasteiger partial charge on any atom is -0.330 e. The van der Waals surface area contributed by atoms with Crippen molar-refractivity contribution >= 4 is 29.3 Å². The number of hydrogen-bond acceptors (Lipinski definition) is 4. The van der Waals surface area contributed by atoms with Crippen LogP contribution in [0.4, 0.5) is 5.69 Å². The summed E-state index contributed by atoms with van der Waals surface area (Å²) in [7, 11) is 0. The van der Waals surface area contributed by atoms with E-state index < -0.39 is 0 Å². The number of rotatable bonds is 2. The largest absolute Gasteiger partial charge is 0.330 e. The number of anilines is 1. The minimum absolute atomic E-state index is 0.153. The maximum Gasteiger partial charge on any atom is 0.244 e. The topological polar surface area (TPSA) is 63.4 Å². The van der Waals surface area contributed by atoms with E-state index in [1.807, 2.05) is 18.2 Å². The van der Waals surface area contributed by atoms with Crippen LogP contribution in [-0.4, -0.2) is 24.1 Å². The second kappa shape index (κ2) is 4.89. The number of thioether (sulfide) groups is 1. The van der Waals surface area contributed by atoms with Gasteiger partial charge in [0.05, 0.1) is 11.4 Å². The summed E-state index contributed by atoms with van der Waals surface area (Å²) in [6.45, 7) is 1.97. The Morgan fingerprint density at radius 1 is 1.53 bits per heavy atom. The third kappa shape index (κ3) is 2.35. The van der Waals surface area contributed by atoms with Crippen LogP contribution in [0.15, 0.2) is 23.1 Å². The number of benzene rings is 1. The second-order valence-corrected chi connectivity index (χ2v) is 4.89. The van der Waals surface area contributed by atoms with Crippen molar-refractivity contribution in [2.24, 2.45) is 5.73 Å². The molecule has 5 heteroatoms. The Morgan fingerprint density at radius 2 is 2.29 bits per heavy atom. The number of imide groups is 1. The first kappa shape index (κ1) is 12.1. The SMILES string of the molecule is CC(=O)N1C(=O)CSc2ccc(CCN)cc21. The Morgan fingerprint density at radius 3 is 2.94 bits per heavy atom. The molecule has 2 amide bonds. The standard InChI is InChI=1S/C12H14N2O2S/c1-8(15)14-10-6-9(4-5-13)2-3-11(10)17-7-12(14)16/h2-3,6H,4-5,7,13H2,1H3. The smallest absolute Gasteiger partial charge is 0.244 e. The lowest BCUT2D eigenvalue weighted by molar-refractivity contribution is -0.124. The van der Waals surface area contributed by atoms with Gasteiger partial charge in [0, 0.05) is 11.8 Å². The zero-order chi connectivity index (χ0) is 12.4. The highest BCUT2D eigenvalue weighted by Gasteiger charge is 2.27. The number of hydrogen-bond donors (Lipinski definition) is 1. The maximum atomic E-state index is 11.7. The highest BCUT2D eigenvalue weighted by atomic mass is 32.2. The molecule has 1 aliphatic rings. The van der Waals surface area contributed by atoms with Crippen molar-refractivity contribution in [3.8, 4) is 0 Å². The summed E-state index contributed by atoms with van der Waals surface area (Å²) in [4.78, 5) is 25.5. The maximum absolute atomic E-state index is 11.7. The van der Waals surface area contributed by atoms with Gasteiger partial charge in [0.25, 0.3) is 0 Å². The van der Waals surface area contributed by atoms with E-state index in [0.717, 1.165) is 16.9 Å². The molecule has 0 aromatic heterocycles. The number of nitrogens with zero attached hydrogens (tertiary/aromatic N) is 1. The molecule has 2 rings (SSSR count). The molecule has 4 nitrogen and oxygen atoms in total. The van der Waals surface area contributed by atoms with E-state index in [-0.39, 0.29) is 11.8 Å². The van der Waals surface area contributed by atoms with Gasteiger partial charge in [-0.15, -0.1) is 11.8 Å². The van der Waals surface area contributed by atoms with E-state index in [1.54, 1.807) is 0 Å². The van der Waals surface area contributed by atoms with Crippen LogP contribution in [0.2, 0.25) is 0 Å². The fourth-order valence-corrected chi connectivity index (χ4v) is 2.74. The molecule has 1 heterocycles. The molecule has 0 fully saturated rings. The monoisotopic (exact) mass is 250 g/mol. The molecular weight excluding hydrogens is 236 g/mol. The number of carbonyl (C=O) groups excluding carboxylic acids is 2. The van der Waals surface area contributed by atoms with E-state index in [4.69, 9.17) is 5.73 Å². The van der Waals surface area contributed by atoms with Crippen LogP contribution in [0.5, 0.6) is 0 Å². The Bertz CT molecular complexity index is 474. The fourth-order valence-electron chi connectivity index (χ4n) is 1.87. The molecule has 0 atom stereocenters. The molecule has 1 aromatic rings. The van der Waals surface area contributed by atoms with Crippen molar-refractivity contribution in [3.05, 3.63) is 23.8 Å². The van der Waals surface area contributed by atoms with Crippen molar-refractivity contribution < 1.29 is 9.59 Å². The van der Waals surface area contributed by atoms with Crippen molar-refractivity contribution in [1.82, 2.24) is 0 Å². The summed E-state index contributed by atoms with van der Waals surface area (Å²) in [6, 6.07) is 5.83. The molecule has 0 saturated carbocycles. The van der Waals surface area contributed by atoms with Crippen molar-refractivity contribution in [1.29, 1.82) is 0 Å². The third-order valence-corrected chi connectivity index (χ3v) is 3.66. The molecule has 0 unspecified atom stereocenters. The first-order valence-electron chi connectivity index (χ1n) is 5.43. The van der Waals surface area contributed by atoms with Gasteiger partial charge in [0.15, 0.2) is 0 Å². The molecule has 17 heavy (non-hydrogen) atoms. The summed E-state index contributed by atoms with van der Waals surface area (Å²) in [5.74, 6) is -0.0654. The zero-order valence-corrected chi connectivity index (χ0v) is 10.4. The lowest BCUT2D eigenvalue weighted by Crippen LogP contribution is -2.39. The van der Waals surface area contributed by atoms with Gasteiger partial charge in [0.1, 0.15) is 0 Å². The van der Waals surface area contributed by atoms with Crippen molar-refractivity contribution in [2.45, 2.75) is 18.2 Å². The van der Waals surface area contributed by atoms with Crippen LogP contribution in [0.1, 0.15) is 12.5 Å². The number of amides is 2. The van der Waals surface area contributed by atoms with Gasteiger partial charge < -0.3 is 5.73 Å². The van der Waals surface area contributed by atoms with Crippen LogP contribution in [0.3, 0.4) is 0 Å². The van der Waals surface area contributed by atoms with E-state index in [0.29, 0.717) is 18.0 Å². The number of nitrogens with two attached hydrogens (primary N) is 1.